The lowest BCUT2D eigenvalue weighted by Crippen LogP contribution is -2.51. The van der Waals surface area contributed by atoms with Crippen LogP contribution in [0.2, 0.25) is 10.0 Å². The fourth-order valence-electron chi connectivity index (χ4n) is 3.11. The van der Waals surface area contributed by atoms with E-state index < -0.39 is 6.04 Å². The van der Waals surface area contributed by atoms with E-state index in [-0.39, 0.29) is 23.6 Å². The van der Waals surface area contributed by atoms with E-state index in [4.69, 9.17) is 23.2 Å². The number of carbonyl (C=O) groups is 2. The van der Waals surface area contributed by atoms with Gasteiger partial charge in [-0.25, -0.2) is 0 Å². The van der Waals surface area contributed by atoms with Gasteiger partial charge in [0.15, 0.2) is 0 Å². The van der Waals surface area contributed by atoms with Crippen molar-refractivity contribution >= 4 is 46.8 Å². The molecule has 31 heavy (non-hydrogen) atoms. The first kappa shape index (κ1) is 25.6. The molecule has 1 N–H and O–H groups in total. The summed E-state index contributed by atoms with van der Waals surface area (Å²) in [6.07, 6.45) is 1.40. The van der Waals surface area contributed by atoms with Gasteiger partial charge in [0.25, 0.3) is 0 Å². The van der Waals surface area contributed by atoms with Gasteiger partial charge in [-0.3, -0.25) is 9.59 Å². The number of nitrogens with one attached hydrogen (secondary N) is 1. The Morgan fingerprint density at radius 3 is 2.32 bits per heavy atom. The summed E-state index contributed by atoms with van der Waals surface area (Å²) in [5, 5.41) is 4.05. The fourth-order valence-corrected chi connectivity index (χ4v) is 4.29. The summed E-state index contributed by atoms with van der Waals surface area (Å²) in [5.74, 6) is 0.758. The zero-order valence-electron chi connectivity index (χ0n) is 18.2. The molecule has 0 aromatic heterocycles. The number of halogens is 2. The largest absolute Gasteiger partial charge is 0.352 e. The van der Waals surface area contributed by atoms with Gasteiger partial charge in [0.05, 0.1) is 15.8 Å². The minimum atomic E-state index is -0.507. The number of benzene rings is 2. The molecule has 0 saturated heterocycles. The highest BCUT2D eigenvalue weighted by Gasteiger charge is 2.29. The van der Waals surface area contributed by atoms with Crippen LogP contribution in [0.25, 0.3) is 0 Å². The smallest absolute Gasteiger partial charge is 0.243 e. The van der Waals surface area contributed by atoms with Crippen LogP contribution in [0, 0.1) is 0 Å². The maximum Gasteiger partial charge on any atom is 0.243 e. The fraction of sp³-hybridized carbons (Fsp3) is 0.417. The average Bonchev–Trinajstić information content (AvgIpc) is 2.76. The van der Waals surface area contributed by atoms with Crippen LogP contribution in [0.15, 0.2) is 48.5 Å². The van der Waals surface area contributed by atoms with Crippen molar-refractivity contribution in [1.29, 1.82) is 0 Å². The van der Waals surface area contributed by atoms with E-state index in [0.29, 0.717) is 28.8 Å². The number of rotatable bonds is 11. The monoisotopic (exact) mass is 480 g/mol. The highest BCUT2D eigenvalue weighted by Crippen LogP contribution is 2.25. The third kappa shape index (κ3) is 8.06. The van der Waals surface area contributed by atoms with Gasteiger partial charge in [-0.1, -0.05) is 73.4 Å². The Morgan fingerprint density at radius 1 is 1.00 bits per heavy atom. The van der Waals surface area contributed by atoms with Crippen molar-refractivity contribution in [2.45, 2.75) is 58.0 Å². The number of thioether (sulfide) groups is 1. The molecule has 2 aromatic rings. The van der Waals surface area contributed by atoms with Gasteiger partial charge in [-0.15, -0.1) is 11.8 Å². The summed E-state index contributed by atoms with van der Waals surface area (Å²) >= 11 is 13.6. The van der Waals surface area contributed by atoms with E-state index in [1.165, 1.54) is 11.8 Å². The van der Waals surface area contributed by atoms with Crippen molar-refractivity contribution in [3.8, 4) is 0 Å². The SMILES string of the molecule is CC[C@@H](C)NC(=O)[C@@H](CC)N(Cc1ccccc1)C(=O)CSCc1ccc(Cl)c(Cl)c1. The lowest BCUT2D eigenvalue weighted by Gasteiger charge is -2.31. The zero-order valence-corrected chi connectivity index (χ0v) is 20.6. The van der Waals surface area contributed by atoms with Gasteiger partial charge in [0.1, 0.15) is 6.04 Å². The van der Waals surface area contributed by atoms with E-state index in [2.05, 4.69) is 5.32 Å². The van der Waals surface area contributed by atoms with Crippen LogP contribution in [0.5, 0.6) is 0 Å². The highest BCUT2D eigenvalue weighted by molar-refractivity contribution is 7.99. The van der Waals surface area contributed by atoms with Crippen molar-refractivity contribution in [2.24, 2.45) is 0 Å². The van der Waals surface area contributed by atoms with Gasteiger partial charge >= 0.3 is 0 Å². The Hall–Kier alpha value is -1.69. The molecule has 7 heteroatoms. The molecule has 168 valence electrons. The molecule has 2 amide bonds. The maximum atomic E-state index is 13.2. The van der Waals surface area contributed by atoms with E-state index in [9.17, 15) is 9.59 Å². The van der Waals surface area contributed by atoms with Crippen molar-refractivity contribution in [3.05, 3.63) is 69.7 Å². The minimum Gasteiger partial charge on any atom is -0.352 e. The third-order valence-corrected chi connectivity index (χ3v) is 6.79. The Balaban J connectivity index is 2.10. The van der Waals surface area contributed by atoms with Crippen molar-refractivity contribution in [3.63, 3.8) is 0 Å². The third-order valence-electron chi connectivity index (χ3n) is 5.06. The molecule has 2 atom stereocenters. The van der Waals surface area contributed by atoms with Crippen LogP contribution in [0.3, 0.4) is 0 Å². The zero-order chi connectivity index (χ0) is 22.8. The molecule has 0 radical (unpaired) electrons. The summed E-state index contributed by atoms with van der Waals surface area (Å²) in [7, 11) is 0. The standard InChI is InChI=1S/C24H30Cl2N2O2S/c1-4-17(3)27-24(30)22(5-2)28(14-18-9-7-6-8-10-18)23(29)16-31-15-19-11-12-20(25)21(26)13-19/h6-13,17,22H,4-5,14-16H2,1-3H3,(H,27,30)/t17-,22-/m1/s1. The van der Waals surface area contributed by atoms with E-state index in [0.717, 1.165) is 17.5 Å². The highest BCUT2D eigenvalue weighted by atomic mass is 35.5. The molecule has 0 spiro atoms. The molecule has 0 unspecified atom stereocenters. The molecule has 0 heterocycles. The molecule has 2 aromatic carbocycles. The second-order valence-corrected chi connectivity index (χ2v) is 9.29. The number of hydrogen-bond acceptors (Lipinski definition) is 3. The van der Waals surface area contributed by atoms with Crippen LogP contribution in [0.4, 0.5) is 0 Å². The topological polar surface area (TPSA) is 49.4 Å². The maximum absolute atomic E-state index is 13.2. The number of nitrogens with zero attached hydrogens (tertiary/aromatic N) is 1. The summed E-state index contributed by atoms with van der Waals surface area (Å²) in [6, 6.07) is 14.8. The van der Waals surface area contributed by atoms with Gasteiger partial charge in [-0.2, -0.15) is 0 Å². The Bertz CT molecular complexity index is 864. The van der Waals surface area contributed by atoms with Gasteiger partial charge in [-0.05, 0) is 43.0 Å². The number of amides is 2. The second-order valence-electron chi connectivity index (χ2n) is 7.49. The molecule has 0 aliphatic heterocycles. The van der Waals surface area contributed by atoms with Crippen LogP contribution in [-0.2, 0) is 21.9 Å². The second kappa shape index (κ2) is 13.0. The Labute approximate surface area is 199 Å². The van der Waals surface area contributed by atoms with Crippen molar-refractivity contribution < 1.29 is 9.59 Å². The summed E-state index contributed by atoms with van der Waals surface area (Å²) in [4.78, 5) is 27.8. The molecular formula is C24H30Cl2N2O2S. The van der Waals surface area contributed by atoms with Gasteiger partial charge < -0.3 is 10.2 Å². The first-order valence-electron chi connectivity index (χ1n) is 10.5. The first-order valence-corrected chi connectivity index (χ1v) is 12.4. The Morgan fingerprint density at radius 2 is 1.71 bits per heavy atom. The van der Waals surface area contributed by atoms with E-state index >= 15 is 0 Å². The Kier molecular flexibility index (Phi) is 10.7. The van der Waals surface area contributed by atoms with Crippen LogP contribution < -0.4 is 5.32 Å². The number of hydrogen-bond donors (Lipinski definition) is 1. The normalized spacial score (nSPS) is 12.8. The van der Waals surface area contributed by atoms with Gasteiger partial charge in [0, 0.05) is 18.3 Å². The van der Waals surface area contributed by atoms with E-state index in [1.807, 2.05) is 63.2 Å². The molecule has 2 rings (SSSR count). The van der Waals surface area contributed by atoms with Crippen molar-refractivity contribution in [1.82, 2.24) is 10.2 Å². The molecular weight excluding hydrogens is 451 g/mol. The lowest BCUT2D eigenvalue weighted by molar-refractivity contribution is -0.139. The van der Waals surface area contributed by atoms with Crippen LogP contribution >= 0.6 is 35.0 Å². The van der Waals surface area contributed by atoms with Crippen LogP contribution in [-0.4, -0.2) is 34.6 Å². The van der Waals surface area contributed by atoms with E-state index in [1.54, 1.807) is 11.0 Å². The molecule has 0 bridgehead atoms. The summed E-state index contributed by atoms with van der Waals surface area (Å²) in [5.41, 5.74) is 2.00. The molecule has 4 nitrogen and oxygen atoms in total. The quantitative estimate of drug-likeness (QED) is 0.432. The summed E-state index contributed by atoms with van der Waals surface area (Å²) < 4.78 is 0. The predicted octanol–water partition coefficient (Wildman–Crippen LogP) is 5.95. The summed E-state index contributed by atoms with van der Waals surface area (Å²) in [6.45, 7) is 6.34. The van der Waals surface area contributed by atoms with Crippen molar-refractivity contribution in [2.75, 3.05) is 5.75 Å². The molecule has 0 fully saturated rings. The van der Waals surface area contributed by atoms with Gasteiger partial charge in [0.2, 0.25) is 11.8 Å². The lowest BCUT2D eigenvalue weighted by atomic mass is 10.1. The average molecular weight is 481 g/mol. The first-order chi connectivity index (χ1) is 14.8. The predicted molar refractivity (Wildman–Crippen MR) is 132 cm³/mol. The molecule has 0 aliphatic carbocycles. The minimum absolute atomic E-state index is 0.0555. The number of carbonyl (C=O) groups excluding carboxylic acids is 2. The molecule has 0 saturated carbocycles. The van der Waals surface area contributed by atoms with Crippen LogP contribution in [0.1, 0.15) is 44.7 Å². The molecule has 0 aliphatic rings.